The molecule has 1 aromatic heterocycles. The normalized spacial score (nSPS) is 10.2. The van der Waals surface area contributed by atoms with Crippen LogP contribution in [0.4, 0.5) is 23.1 Å². The quantitative estimate of drug-likeness (QED) is 0.653. The summed E-state index contributed by atoms with van der Waals surface area (Å²) in [6.07, 6.45) is 1.56. The molecule has 0 saturated heterocycles. The highest BCUT2D eigenvalue weighted by Crippen LogP contribution is 2.40. The topological polar surface area (TPSA) is 90.4 Å². The molecule has 3 aromatic rings. The number of rotatable bonds is 7. The van der Waals surface area contributed by atoms with Gasteiger partial charge in [0, 0.05) is 23.5 Å². The summed E-state index contributed by atoms with van der Waals surface area (Å²) in [7, 11) is 4.68. The predicted octanol–water partition coefficient (Wildman–Crippen LogP) is 3.69. The smallest absolute Gasteiger partial charge is 0.249 e. The third-order valence-electron chi connectivity index (χ3n) is 3.77. The molecule has 0 fully saturated rings. The Morgan fingerprint density at radius 2 is 1.59 bits per heavy atom. The zero-order valence-corrected chi connectivity index (χ0v) is 15.6. The second-order valence-electron chi connectivity index (χ2n) is 5.70. The van der Waals surface area contributed by atoms with E-state index in [4.69, 9.17) is 14.2 Å². The molecule has 0 radical (unpaired) electrons. The molecule has 3 rings (SSSR count). The van der Waals surface area contributed by atoms with Crippen molar-refractivity contribution in [3.63, 3.8) is 0 Å². The molecule has 140 valence electrons. The van der Waals surface area contributed by atoms with Crippen molar-refractivity contribution < 1.29 is 14.2 Å². The van der Waals surface area contributed by atoms with E-state index in [0.717, 1.165) is 11.3 Å². The van der Waals surface area contributed by atoms with Gasteiger partial charge in [0.1, 0.15) is 0 Å². The molecule has 0 atom stereocenters. The number of methoxy groups -OCH3 is 3. The van der Waals surface area contributed by atoms with Crippen LogP contribution >= 0.6 is 0 Å². The Morgan fingerprint density at radius 3 is 2.22 bits per heavy atom. The first kappa shape index (κ1) is 18.2. The molecule has 0 bridgehead atoms. The first-order valence-corrected chi connectivity index (χ1v) is 8.23. The predicted molar refractivity (Wildman–Crippen MR) is 104 cm³/mol. The minimum absolute atomic E-state index is 0.335. The average Bonchev–Trinajstić information content (AvgIpc) is 2.67. The molecule has 0 unspecified atom stereocenters. The number of anilines is 4. The van der Waals surface area contributed by atoms with E-state index in [1.54, 1.807) is 39.7 Å². The molecule has 0 aliphatic heterocycles. The van der Waals surface area contributed by atoms with Crippen LogP contribution in [0.2, 0.25) is 0 Å². The zero-order chi connectivity index (χ0) is 19.2. The van der Waals surface area contributed by atoms with Crippen molar-refractivity contribution in [3.05, 3.63) is 48.2 Å². The fourth-order valence-corrected chi connectivity index (χ4v) is 2.57. The number of hydrogen-bond donors (Lipinski definition) is 2. The molecular formula is C19H21N5O3. The van der Waals surface area contributed by atoms with Crippen molar-refractivity contribution >= 4 is 23.1 Å². The molecule has 1 heterocycles. The third-order valence-corrected chi connectivity index (χ3v) is 3.77. The number of hydrogen-bond acceptors (Lipinski definition) is 8. The van der Waals surface area contributed by atoms with Gasteiger partial charge in [-0.1, -0.05) is 12.1 Å². The highest BCUT2D eigenvalue weighted by Gasteiger charge is 2.14. The second kappa shape index (κ2) is 8.22. The van der Waals surface area contributed by atoms with Crippen molar-refractivity contribution in [3.8, 4) is 17.2 Å². The largest absolute Gasteiger partial charge is 0.493 e. The van der Waals surface area contributed by atoms with Gasteiger partial charge in [0.05, 0.1) is 27.5 Å². The lowest BCUT2D eigenvalue weighted by atomic mass is 10.2. The fraction of sp³-hybridized carbons (Fsp3) is 0.211. The van der Waals surface area contributed by atoms with Crippen molar-refractivity contribution in [2.24, 2.45) is 0 Å². The van der Waals surface area contributed by atoms with E-state index >= 15 is 0 Å². The van der Waals surface area contributed by atoms with Crippen molar-refractivity contribution in [2.75, 3.05) is 32.0 Å². The Hall–Kier alpha value is -3.55. The monoisotopic (exact) mass is 367 g/mol. The van der Waals surface area contributed by atoms with Crippen LogP contribution in [0.5, 0.6) is 17.2 Å². The molecule has 2 N–H and O–H groups in total. The Morgan fingerprint density at radius 1 is 0.852 bits per heavy atom. The molecule has 0 saturated carbocycles. The standard InChI is InChI=1S/C19H21N5O3/c1-12-6-5-7-13(8-12)21-17-11-20-24-19(23-17)22-14-9-15(25-2)18(27-4)16(10-14)26-3/h5-11H,1-4H3,(H2,21,22,23,24). The molecule has 0 amide bonds. The van der Waals surface area contributed by atoms with E-state index in [2.05, 4.69) is 25.8 Å². The summed E-state index contributed by atoms with van der Waals surface area (Å²) in [4.78, 5) is 4.44. The summed E-state index contributed by atoms with van der Waals surface area (Å²) in [6, 6.07) is 11.5. The van der Waals surface area contributed by atoms with Crippen molar-refractivity contribution in [1.29, 1.82) is 0 Å². The van der Waals surface area contributed by atoms with Crippen LogP contribution in [0, 0.1) is 6.92 Å². The Balaban J connectivity index is 1.84. The van der Waals surface area contributed by atoms with Crippen LogP contribution < -0.4 is 24.8 Å². The van der Waals surface area contributed by atoms with Crippen molar-refractivity contribution in [1.82, 2.24) is 15.2 Å². The highest BCUT2D eigenvalue weighted by atomic mass is 16.5. The van der Waals surface area contributed by atoms with Gasteiger partial charge in [-0.05, 0) is 24.6 Å². The highest BCUT2D eigenvalue weighted by molar-refractivity contribution is 5.66. The van der Waals surface area contributed by atoms with Crippen LogP contribution in [-0.2, 0) is 0 Å². The van der Waals surface area contributed by atoms with Crippen LogP contribution in [0.25, 0.3) is 0 Å². The summed E-state index contributed by atoms with van der Waals surface area (Å²) >= 11 is 0. The summed E-state index contributed by atoms with van der Waals surface area (Å²) in [6.45, 7) is 2.03. The van der Waals surface area contributed by atoms with Gasteiger partial charge in [0.2, 0.25) is 11.7 Å². The van der Waals surface area contributed by atoms with Gasteiger partial charge >= 0.3 is 0 Å². The molecule has 2 aromatic carbocycles. The van der Waals surface area contributed by atoms with E-state index in [1.165, 1.54) is 0 Å². The number of ether oxygens (including phenoxy) is 3. The molecule has 0 aliphatic carbocycles. The van der Waals surface area contributed by atoms with Crippen LogP contribution in [0.15, 0.2) is 42.6 Å². The summed E-state index contributed by atoms with van der Waals surface area (Å²) in [5, 5.41) is 14.3. The lowest BCUT2D eigenvalue weighted by molar-refractivity contribution is 0.324. The maximum Gasteiger partial charge on any atom is 0.249 e. The van der Waals surface area contributed by atoms with E-state index in [-0.39, 0.29) is 0 Å². The molecule has 0 aliphatic rings. The molecule has 8 nitrogen and oxygen atoms in total. The van der Waals surface area contributed by atoms with Gasteiger partial charge < -0.3 is 24.8 Å². The first-order chi connectivity index (χ1) is 13.1. The molecule has 8 heteroatoms. The van der Waals surface area contributed by atoms with Gasteiger partial charge in [-0.3, -0.25) is 0 Å². The van der Waals surface area contributed by atoms with Crippen LogP contribution in [-0.4, -0.2) is 36.5 Å². The number of nitrogens with one attached hydrogen (secondary N) is 2. The van der Waals surface area contributed by atoms with Crippen LogP contribution in [0.1, 0.15) is 5.56 Å². The summed E-state index contributed by atoms with van der Waals surface area (Å²) in [5.74, 6) is 2.48. The number of aryl methyl sites for hydroxylation is 1. The molecule has 27 heavy (non-hydrogen) atoms. The van der Waals surface area contributed by atoms with E-state index in [1.807, 2.05) is 31.2 Å². The average molecular weight is 367 g/mol. The van der Waals surface area contributed by atoms with Crippen LogP contribution in [0.3, 0.4) is 0 Å². The molecular weight excluding hydrogens is 346 g/mol. The summed E-state index contributed by atoms with van der Waals surface area (Å²) in [5.41, 5.74) is 2.76. The first-order valence-electron chi connectivity index (χ1n) is 8.23. The minimum Gasteiger partial charge on any atom is -0.493 e. The van der Waals surface area contributed by atoms with Gasteiger partial charge in [0.25, 0.3) is 0 Å². The zero-order valence-electron chi connectivity index (χ0n) is 15.6. The van der Waals surface area contributed by atoms with Gasteiger partial charge in [-0.15, -0.1) is 5.10 Å². The van der Waals surface area contributed by atoms with E-state index in [9.17, 15) is 0 Å². The van der Waals surface area contributed by atoms with E-state index in [0.29, 0.717) is 34.7 Å². The maximum atomic E-state index is 5.36. The van der Waals surface area contributed by atoms with Crippen molar-refractivity contribution in [2.45, 2.75) is 6.92 Å². The van der Waals surface area contributed by atoms with Gasteiger partial charge in [0.15, 0.2) is 17.3 Å². The Bertz CT molecular complexity index is 908. The number of aromatic nitrogens is 3. The van der Waals surface area contributed by atoms with Gasteiger partial charge in [-0.25, -0.2) is 0 Å². The van der Waals surface area contributed by atoms with E-state index < -0.39 is 0 Å². The Kier molecular flexibility index (Phi) is 5.55. The number of nitrogens with zero attached hydrogens (tertiary/aromatic N) is 3. The Labute approximate surface area is 157 Å². The second-order valence-corrected chi connectivity index (χ2v) is 5.70. The lowest BCUT2D eigenvalue weighted by Crippen LogP contribution is -2.03. The SMILES string of the molecule is COc1cc(Nc2nncc(Nc3cccc(C)c3)n2)cc(OC)c1OC. The lowest BCUT2D eigenvalue weighted by Gasteiger charge is -2.14. The molecule has 0 spiro atoms. The summed E-state index contributed by atoms with van der Waals surface area (Å²) < 4.78 is 16.0. The maximum absolute atomic E-state index is 5.36. The number of benzene rings is 2. The minimum atomic E-state index is 0.335. The fourth-order valence-electron chi connectivity index (χ4n) is 2.57. The van der Waals surface area contributed by atoms with Gasteiger partial charge in [-0.2, -0.15) is 10.1 Å². The third kappa shape index (κ3) is 4.35.